The van der Waals surface area contributed by atoms with Crippen molar-refractivity contribution in [3.63, 3.8) is 0 Å². The van der Waals surface area contributed by atoms with E-state index in [0.717, 1.165) is 12.1 Å². The van der Waals surface area contributed by atoms with E-state index in [4.69, 9.17) is 15.9 Å². The number of hydrogen-bond acceptors (Lipinski definition) is 4. The van der Waals surface area contributed by atoms with Crippen LogP contribution >= 0.6 is 0 Å². The van der Waals surface area contributed by atoms with E-state index in [1.165, 1.54) is 12.1 Å². The monoisotopic (exact) mass is 330 g/mol. The van der Waals surface area contributed by atoms with Crippen molar-refractivity contribution < 1.29 is 22.7 Å². The molecule has 128 valence electrons. The number of alkyl halides is 3. The topological polar surface area (TPSA) is 76.2 Å². The molecule has 0 saturated heterocycles. The van der Waals surface area contributed by atoms with Gasteiger partial charge in [0, 0.05) is 12.5 Å². The van der Waals surface area contributed by atoms with Gasteiger partial charge in [-0.1, -0.05) is 18.2 Å². The molecular formula is C16H21F3N2O2. The third kappa shape index (κ3) is 6.81. The molecule has 0 spiro atoms. The molecule has 0 amide bonds. The molecule has 23 heavy (non-hydrogen) atoms. The molecule has 3 N–H and O–H groups in total. The minimum Gasteiger partial charge on any atom is -0.456 e. The summed E-state index contributed by atoms with van der Waals surface area (Å²) in [6, 6.07) is 4.21. The van der Waals surface area contributed by atoms with E-state index < -0.39 is 29.4 Å². The molecule has 0 aliphatic carbocycles. The zero-order valence-corrected chi connectivity index (χ0v) is 13.3. The molecule has 0 aliphatic heterocycles. The van der Waals surface area contributed by atoms with Crippen molar-refractivity contribution in [2.75, 3.05) is 0 Å². The minimum atomic E-state index is -4.41. The van der Waals surface area contributed by atoms with Crippen LogP contribution in [-0.2, 0) is 22.1 Å². The van der Waals surface area contributed by atoms with Gasteiger partial charge in [0.2, 0.25) is 0 Å². The van der Waals surface area contributed by atoms with Crippen LogP contribution in [0, 0.1) is 5.41 Å². The van der Waals surface area contributed by atoms with Gasteiger partial charge in [0.25, 0.3) is 0 Å². The summed E-state index contributed by atoms with van der Waals surface area (Å²) in [5.74, 6) is -0.767. The fourth-order valence-corrected chi connectivity index (χ4v) is 1.93. The molecule has 0 aromatic heterocycles. The molecular weight excluding hydrogens is 309 g/mol. The second-order valence-corrected chi connectivity index (χ2v) is 6.35. The van der Waals surface area contributed by atoms with E-state index in [1.807, 2.05) is 0 Å². The second kappa shape index (κ2) is 7.12. The molecule has 0 fully saturated rings. The highest BCUT2D eigenvalue weighted by Gasteiger charge is 2.30. The third-order valence-corrected chi connectivity index (χ3v) is 2.86. The molecule has 0 saturated carbocycles. The van der Waals surface area contributed by atoms with Crippen LogP contribution in [0.5, 0.6) is 0 Å². The molecule has 0 bridgehead atoms. The smallest absolute Gasteiger partial charge is 0.416 e. The Labute approximate surface area is 133 Å². The number of ether oxygens (including phenoxy) is 1. The first kappa shape index (κ1) is 19.2. The highest BCUT2D eigenvalue weighted by Crippen LogP contribution is 2.29. The fraction of sp³-hybridized carbons (Fsp3) is 0.500. The van der Waals surface area contributed by atoms with Crippen LogP contribution in [0.2, 0.25) is 0 Å². The fourth-order valence-electron chi connectivity index (χ4n) is 1.93. The number of carbonyl (C=O) groups excluding carboxylic acids is 1. The van der Waals surface area contributed by atoms with E-state index in [-0.39, 0.29) is 18.6 Å². The summed E-state index contributed by atoms with van der Waals surface area (Å²) >= 11 is 0. The maximum absolute atomic E-state index is 12.7. The van der Waals surface area contributed by atoms with Crippen LogP contribution in [0.3, 0.4) is 0 Å². The van der Waals surface area contributed by atoms with Crippen molar-refractivity contribution in [3.05, 3.63) is 35.4 Å². The van der Waals surface area contributed by atoms with E-state index in [0.29, 0.717) is 5.56 Å². The Morgan fingerprint density at radius 1 is 1.30 bits per heavy atom. The molecule has 1 aromatic carbocycles. The number of esters is 1. The largest absolute Gasteiger partial charge is 0.456 e. The first-order valence-corrected chi connectivity index (χ1v) is 7.11. The van der Waals surface area contributed by atoms with E-state index in [2.05, 4.69) is 0 Å². The molecule has 1 rings (SSSR count). The molecule has 1 aromatic rings. The average Bonchev–Trinajstić information content (AvgIpc) is 2.35. The quantitative estimate of drug-likeness (QED) is 0.642. The standard InChI is InChI=1S/C16H21F3N2O2/c1-15(2,3)23-14(22)13(21)9-12(20)8-10-5-4-6-11(7-10)16(17,18)19/h4-7,12,21H,8-9,20H2,1-3H3. The van der Waals surface area contributed by atoms with Crippen LogP contribution in [0.15, 0.2) is 24.3 Å². The maximum atomic E-state index is 12.7. The number of rotatable bonds is 5. The molecule has 0 aliphatic rings. The Balaban J connectivity index is 2.65. The van der Waals surface area contributed by atoms with Gasteiger partial charge >= 0.3 is 12.1 Å². The van der Waals surface area contributed by atoms with Crippen LogP contribution in [0.1, 0.15) is 38.3 Å². The van der Waals surface area contributed by atoms with Crippen molar-refractivity contribution in [2.45, 2.75) is 51.4 Å². The van der Waals surface area contributed by atoms with Crippen molar-refractivity contribution in [1.29, 1.82) is 5.41 Å². The van der Waals surface area contributed by atoms with E-state index >= 15 is 0 Å². The number of nitrogens with two attached hydrogens (primary N) is 1. The Morgan fingerprint density at radius 3 is 2.43 bits per heavy atom. The Bertz CT molecular complexity index is 577. The van der Waals surface area contributed by atoms with Gasteiger partial charge in [-0.3, -0.25) is 5.41 Å². The summed E-state index contributed by atoms with van der Waals surface area (Å²) < 4.78 is 43.0. The van der Waals surface area contributed by atoms with Gasteiger partial charge in [0.1, 0.15) is 11.3 Å². The van der Waals surface area contributed by atoms with Gasteiger partial charge in [-0.25, -0.2) is 4.79 Å². The van der Waals surface area contributed by atoms with Crippen LogP contribution in [-0.4, -0.2) is 23.3 Å². The summed E-state index contributed by atoms with van der Waals surface area (Å²) in [6.45, 7) is 5.04. The minimum absolute atomic E-state index is 0.0643. The Kier molecular flexibility index (Phi) is 5.93. The van der Waals surface area contributed by atoms with Crippen molar-refractivity contribution in [2.24, 2.45) is 5.73 Å². The van der Waals surface area contributed by atoms with Crippen molar-refractivity contribution in [3.8, 4) is 0 Å². The predicted octanol–water partition coefficient (Wildman–Crippen LogP) is 3.33. The molecule has 0 radical (unpaired) electrons. The van der Waals surface area contributed by atoms with Gasteiger partial charge in [-0.05, 0) is 38.8 Å². The van der Waals surface area contributed by atoms with Gasteiger partial charge < -0.3 is 10.5 Å². The van der Waals surface area contributed by atoms with Gasteiger partial charge in [0.05, 0.1) is 5.56 Å². The summed E-state index contributed by atoms with van der Waals surface area (Å²) in [5, 5.41) is 7.68. The number of halogens is 3. The van der Waals surface area contributed by atoms with Crippen LogP contribution < -0.4 is 5.73 Å². The maximum Gasteiger partial charge on any atom is 0.416 e. The Hall–Kier alpha value is -1.89. The summed E-state index contributed by atoms with van der Waals surface area (Å²) in [7, 11) is 0. The molecule has 4 nitrogen and oxygen atoms in total. The zero-order chi connectivity index (χ0) is 17.8. The van der Waals surface area contributed by atoms with Crippen molar-refractivity contribution in [1.82, 2.24) is 0 Å². The zero-order valence-electron chi connectivity index (χ0n) is 13.3. The first-order valence-electron chi connectivity index (χ1n) is 7.11. The third-order valence-electron chi connectivity index (χ3n) is 2.86. The summed E-state index contributed by atoms with van der Waals surface area (Å²) in [5.41, 5.74) is 4.49. The van der Waals surface area contributed by atoms with Crippen molar-refractivity contribution >= 4 is 11.7 Å². The summed E-state index contributed by atoms with van der Waals surface area (Å²) in [6.07, 6.45) is -4.34. The highest BCUT2D eigenvalue weighted by atomic mass is 19.4. The first-order chi connectivity index (χ1) is 10.4. The lowest BCUT2D eigenvalue weighted by Crippen LogP contribution is -2.33. The second-order valence-electron chi connectivity index (χ2n) is 6.35. The number of nitrogens with one attached hydrogen (secondary N) is 1. The van der Waals surface area contributed by atoms with Gasteiger partial charge in [0.15, 0.2) is 0 Å². The molecule has 7 heteroatoms. The van der Waals surface area contributed by atoms with Gasteiger partial charge in [-0.15, -0.1) is 0 Å². The SMILES string of the molecule is CC(C)(C)OC(=O)C(=N)CC(N)Cc1cccc(C(F)(F)F)c1. The number of benzene rings is 1. The molecule has 0 heterocycles. The average molecular weight is 330 g/mol. The predicted molar refractivity (Wildman–Crippen MR) is 81.3 cm³/mol. The lowest BCUT2D eigenvalue weighted by atomic mass is 10.00. The normalized spacial score (nSPS) is 13.5. The summed E-state index contributed by atoms with van der Waals surface area (Å²) in [4.78, 5) is 11.7. The molecule has 1 atom stereocenters. The van der Waals surface area contributed by atoms with E-state index in [1.54, 1.807) is 20.8 Å². The number of carbonyl (C=O) groups is 1. The van der Waals surface area contributed by atoms with Crippen LogP contribution in [0.4, 0.5) is 13.2 Å². The van der Waals surface area contributed by atoms with E-state index in [9.17, 15) is 18.0 Å². The highest BCUT2D eigenvalue weighted by molar-refractivity contribution is 6.35. The van der Waals surface area contributed by atoms with Gasteiger partial charge in [-0.2, -0.15) is 13.2 Å². The van der Waals surface area contributed by atoms with Crippen LogP contribution in [0.25, 0.3) is 0 Å². The lowest BCUT2D eigenvalue weighted by Gasteiger charge is -2.20. The number of hydrogen-bond donors (Lipinski definition) is 2. The lowest BCUT2D eigenvalue weighted by molar-refractivity contribution is -0.146. The molecule has 1 unspecified atom stereocenters. The Morgan fingerprint density at radius 2 is 1.91 bits per heavy atom.